The molecule has 0 fully saturated rings. The van der Waals surface area contributed by atoms with Crippen LogP contribution in [0, 0.1) is 6.92 Å². The number of ether oxygens (including phenoxy) is 1. The van der Waals surface area contributed by atoms with Crippen LogP contribution >= 0.6 is 24.0 Å². The minimum absolute atomic E-state index is 0. The molecule has 0 heterocycles. The van der Waals surface area contributed by atoms with Crippen molar-refractivity contribution in [2.75, 3.05) is 33.8 Å². The van der Waals surface area contributed by atoms with Gasteiger partial charge < -0.3 is 20.3 Å². The van der Waals surface area contributed by atoms with Gasteiger partial charge in [0.05, 0.1) is 19.7 Å². The van der Waals surface area contributed by atoms with Gasteiger partial charge in [-0.3, -0.25) is 4.79 Å². The maximum Gasteiger partial charge on any atom is 0.241 e. The Kier molecular flexibility index (Phi) is 11.2. The van der Waals surface area contributed by atoms with E-state index < -0.39 is 0 Å². The predicted octanol–water partition coefficient (Wildman–Crippen LogP) is 2.16. The molecule has 2 N–H and O–H groups in total. The Labute approximate surface area is 162 Å². The van der Waals surface area contributed by atoms with Crippen LogP contribution in [0.25, 0.3) is 0 Å². The van der Waals surface area contributed by atoms with E-state index in [1.54, 1.807) is 19.0 Å². The van der Waals surface area contributed by atoms with Gasteiger partial charge in [0.2, 0.25) is 5.91 Å². The van der Waals surface area contributed by atoms with E-state index in [9.17, 15) is 4.79 Å². The highest BCUT2D eigenvalue weighted by Gasteiger charge is 2.07. The van der Waals surface area contributed by atoms with Gasteiger partial charge in [-0.15, -0.1) is 24.0 Å². The number of carbonyl (C=O) groups excluding carboxylic acids is 1. The van der Waals surface area contributed by atoms with Crippen LogP contribution in [0.1, 0.15) is 25.0 Å². The molecule has 0 aromatic heterocycles. The Hall–Kier alpha value is -1.51. The van der Waals surface area contributed by atoms with Crippen molar-refractivity contribution in [3.05, 3.63) is 29.3 Å². The number of aryl methyl sites for hydroxylation is 1. The van der Waals surface area contributed by atoms with E-state index in [-0.39, 0.29) is 36.4 Å². The number of halogens is 1. The monoisotopic (exact) mass is 448 g/mol. The summed E-state index contributed by atoms with van der Waals surface area (Å²) in [6.45, 7) is 8.04. The van der Waals surface area contributed by atoms with Gasteiger partial charge in [0.1, 0.15) is 5.75 Å². The number of nitrogens with zero attached hydrogens (tertiary/aromatic N) is 2. The van der Waals surface area contributed by atoms with Gasteiger partial charge in [-0.05, 0) is 32.4 Å². The van der Waals surface area contributed by atoms with E-state index in [1.165, 1.54) is 0 Å². The summed E-state index contributed by atoms with van der Waals surface area (Å²) in [6, 6.07) is 6.09. The van der Waals surface area contributed by atoms with E-state index >= 15 is 0 Å². The topological polar surface area (TPSA) is 66.0 Å². The zero-order valence-corrected chi connectivity index (χ0v) is 17.5. The van der Waals surface area contributed by atoms with Crippen molar-refractivity contribution in [1.29, 1.82) is 0 Å². The van der Waals surface area contributed by atoms with E-state index in [0.29, 0.717) is 19.1 Å². The number of hydrogen-bond acceptors (Lipinski definition) is 3. The Bertz CT molecular complexity index is 547. The molecule has 0 aliphatic carbocycles. The molecule has 1 amide bonds. The summed E-state index contributed by atoms with van der Waals surface area (Å²) in [5, 5.41) is 6.18. The zero-order chi connectivity index (χ0) is 17.2. The van der Waals surface area contributed by atoms with E-state index in [4.69, 9.17) is 4.74 Å². The highest BCUT2D eigenvalue weighted by molar-refractivity contribution is 14.0. The third-order valence-corrected chi connectivity index (χ3v) is 3.18. The van der Waals surface area contributed by atoms with Gasteiger partial charge in [-0.25, -0.2) is 4.99 Å². The molecule has 0 bridgehead atoms. The van der Waals surface area contributed by atoms with Gasteiger partial charge in [0, 0.05) is 26.2 Å². The van der Waals surface area contributed by atoms with Crippen molar-refractivity contribution < 1.29 is 9.53 Å². The molecule has 7 heteroatoms. The second-order valence-electron chi connectivity index (χ2n) is 5.38. The van der Waals surface area contributed by atoms with Crippen LogP contribution in [0.4, 0.5) is 0 Å². The lowest BCUT2D eigenvalue weighted by atomic mass is 10.1. The number of hydrogen-bond donors (Lipinski definition) is 2. The first kappa shape index (κ1) is 22.5. The molecule has 136 valence electrons. The molecule has 6 nitrogen and oxygen atoms in total. The van der Waals surface area contributed by atoms with Gasteiger partial charge in [0.15, 0.2) is 5.96 Å². The van der Waals surface area contributed by atoms with Crippen molar-refractivity contribution in [2.45, 2.75) is 27.3 Å². The molecule has 1 aromatic rings. The fourth-order valence-electron chi connectivity index (χ4n) is 1.91. The number of nitrogens with one attached hydrogen (secondary N) is 2. The molecular formula is C17H29IN4O2. The van der Waals surface area contributed by atoms with Gasteiger partial charge in [-0.1, -0.05) is 12.1 Å². The molecular weight excluding hydrogens is 419 g/mol. The fourth-order valence-corrected chi connectivity index (χ4v) is 1.91. The molecule has 0 aliphatic rings. The summed E-state index contributed by atoms with van der Waals surface area (Å²) >= 11 is 0. The van der Waals surface area contributed by atoms with Crippen LogP contribution in [-0.2, 0) is 11.3 Å². The summed E-state index contributed by atoms with van der Waals surface area (Å²) in [5.41, 5.74) is 2.18. The SMILES string of the molecule is CCNC(=NCc1ccc(C)cc1OCC)NCC(=O)N(C)C.I. The lowest BCUT2D eigenvalue weighted by molar-refractivity contribution is -0.127. The average molecular weight is 448 g/mol. The van der Waals surface area contributed by atoms with Gasteiger partial charge in [0.25, 0.3) is 0 Å². The molecule has 0 unspecified atom stereocenters. The lowest BCUT2D eigenvalue weighted by Gasteiger charge is -2.15. The molecule has 24 heavy (non-hydrogen) atoms. The van der Waals surface area contributed by atoms with Crippen LogP contribution in [0.5, 0.6) is 5.75 Å². The Morgan fingerprint density at radius 1 is 1.25 bits per heavy atom. The normalized spacial score (nSPS) is 10.6. The minimum Gasteiger partial charge on any atom is -0.494 e. The predicted molar refractivity (Wildman–Crippen MR) is 109 cm³/mol. The standard InChI is InChI=1S/C17H28N4O2.HI/c1-6-18-17(20-12-16(22)21(4)5)19-11-14-9-8-13(3)10-15(14)23-7-2;/h8-10H,6-7,11-12H2,1-5H3,(H2,18,19,20);1H. The summed E-state index contributed by atoms with van der Waals surface area (Å²) in [6.07, 6.45) is 0. The fraction of sp³-hybridized carbons (Fsp3) is 0.529. The van der Waals surface area contributed by atoms with Crippen molar-refractivity contribution in [3.63, 3.8) is 0 Å². The lowest BCUT2D eigenvalue weighted by Crippen LogP contribution is -2.42. The van der Waals surface area contributed by atoms with Gasteiger partial charge in [-0.2, -0.15) is 0 Å². The highest BCUT2D eigenvalue weighted by Crippen LogP contribution is 2.21. The van der Waals surface area contributed by atoms with Crippen molar-refractivity contribution in [2.24, 2.45) is 4.99 Å². The van der Waals surface area contributed by atoms with Crippen molar-refractivity contribution >= 4 is 35.8 Å². The molecule has 0 saturated carbocycles. The first-order chi connectivity index (χ1) is 11.0. The third kappa shape index (κ3) is 7.85. The molecule has 1 aromatic carbocycles. The van der Waals surface area contributed by atoms with Gasteiger partial charge >= 0.3 is 0 Å². The second kappa shape index (κ2) is 11.9. The number of carbonyl (C=O) groups is 1. The summed E-state index contributed by atoms with van der Waals surface area (Å²) in [5.74, 6) is 1.48. The average Bonchev–Trinajstić information content (AvgIpc) is 2.51. The molecule has 0 aliphatic heterocycles. The van der Waals surface area contributed by atoms with E-state index in [1.807, 2.05) is 39.0 Å². The van der Waals surface area contributed by atoms with Crippen LogP contribution < -0.4 is 15.4 Å². The van der Waals surface area contributed by atoms with E-state index in [0.717, 1.165) is 23.4 Å². The molecule has 0 saturated heterocycles. The first-order valence-electron chi connectivity index (χ1n) is 7.92. The summed E-state index contributed by atoms with van der Waals surface area (Å²) < 4.78 is 5.67. The number of aliphatic imine (C=N–C) groups is 1. The number of benzene rings is 1. The molecule has 0 radical (unpaired) electrons. The minimum atomic E-state index is 0. The Morgan fingerprint density at radius 3 is 2.54 bits per heavy atom. The largest absolute Gasteiger partial charge is 0.494 e. The van der Waals surface area contributed by atoms with Crippen LogP contribution in [0.3, 0.4) is 0 Å². The Balaban J connectivity index is 0.00000529. The number of rotatable bonds is 7. The maximum atomic E-state index is 11.7. The van der Waals surface area contributed by atoms with Crippen LogP contribution in [-0.4, -0.2) is 50.6 Å². The van der Waals surface area contributed by atoms with Crippen molar-refractivity contribution in [1.82, 2.24) is 15.5 Å². The highest BCUT2D eigenvalue weighted by atomic mass is 127. The molecule has 0 spiro atoms. The molecule has 1 rings (SSSR count). The van der Waals surface area contributed by atoms with Crippen molar-refractivity contribution in [3.8, 4) is 5.75 Å². The summed E-state index contributed by atoms with van der Waals surface area (Å²) in [4.78, 5) is 17.7. The quantitative estimate of drug-likeness (QED) is 0.381. The molecule has 0 atom stereocenters. The van der Waals surface area contributed by atoms with Crippen LogP contribution in [0.15, 0.2) is 23.2 Å². The zero-order valence-electron chi connectivity index (χ0n) is 15.2. The van der Waals surface area contributed by atoms with E-state index in [2.05, 4.69) is 15.6 Å². The maximum absolute atomic E-state index is 11.7. The number of amides is 1. The number of guanidine groups is 1. The summed E-state index contributed by atoms with van der Waals surface area (Å²) in [7, 11) is 3.46. The first-order valence-corrected chi connectivity index (χ1v) is 7.92. The second-order valence-corrected chi connectivity index (χ2v) is 5.38. The van der Waals surface area contributed by atoms with Crippen LogP contribution in [0.2, 0.25) is 0 Å². The third-order valence-electron chi connectivity index (χ3n) is 3.18. The smallest absolute Gasteiger partial charge is 0.241 e. The number of likely N-dealkylation sites (N-methyl/N-ethyl adjacent to an activating group) is 1. The Morgan fingerprint density at radius 2 is 1.96 bits per heavy atom.